The Hall–Kier alpha value is -1.67. The largest absolute Gasteiger partial charge is 0.478 e. The number of carbonyl (C=O) groups is 1. The molecule has 0 bridgehead atoms. The summed E-state index contributed by atoms with van der Waals surface area (Å²) in [5.41, 5.74) is 0.959. The SMILES string of the molecule is CCCCOC1CON=C1c1cc(Br)c(F)cc1OC(C(=O)O)C1CC1. The van der Waals surface area contributed by atoms with Gasteiger partial charge in [-0.2, -0.15) is 0 Å². The molecule has 8 heteroatoms. The Morgan fingerprint density at radius 3 is 2.92 bits per heavy atom. The number of oxime groups is 1. The zero-order chi connectivity index (χ0) is 18.7. The number of aliphatic carboxylic acids is 1. The minimum Gasteiger partial charge on any atom is -0.478 e. The van der Waals surface area contributed by atoms with Crippen LogP contribution < -0.4 is 4.74 Å². The third kappa shape index (κ3) is 4.35. The van der Waals surface area contributed by atoms with Gasteiger partial charge in [0.25, 0.3) is 0 Å². The summed E-state index contributed by atoms with van der Waals surface area (Å²) in [6.07, 6.45) is 2.08. The molecule has 0 radical (unpaired) electrons. The maximum absolute atomic E-state index is 14.1. The van der Waals surface area contributed by atoms with Crippen LogP contribution in [-0.4, -0.2) is 42.2 Å². The fraction of sp³-hybridized carbons (Fsp3) is 0.556. The van der Waals surface area contributed by atoms with Gasteiger partial charge in [-0.1, -0.05) is 18.5 Å². The molecule has 2 unspecified atom stereocenters. The molecule has 3 rings (SSSR count). The van der Waals surface area contributed by atoms with Crippen LogP contribution in [0.4, 0.5) is 4.39 Å². The minimum absolute atomic E-state index is 0.0505. The van der Waals surface area contributed by atoms with Gasteiger partial charge in [-0.25, -0.2) is 9.18 Å². The maximum atomic E-state index is 14.1. The zero-order valence-electron chi connectivity index (χ0n) is 14.4. The third-order valence-electron chi connectivity index (χ3n) is 4.36. The van der Waals surface area contributed by atoms with Crippen molar-refractivity contribution in [3.8, 4) is 5.75 Å². The molecule has 1 aliphatic heterocycles. The Balaban J connectivity index is 1.87. The molecule has 0 spiro atoms. The van der Waals surface area contributed by atoms with Crippen LogP contribution in [0.25, 0.3) is 0 Å². The topological polar surface area (TPSA) is 77.3 Å². The van der Waals surface area contributed by atoms with Gasteiger partial charge in [-0.3, -0.25) is 0 Å². The van der Waals surface area contributed by atoms with Crippen molar-refractivity contribution in [1.82, 2.24) is 0 Å². The van der Waals surface area contributed by atoms with Gasteiger partial charge in [0, 0.05) is 24.2 Å². The molecular weight excluding hydrogens is 409 g/mol. The first-order valence-electron chi connectivity index (χ1n) is 8.71. The van der Waals surface area contributed by atoms with Crippen molar-refractivity contribution in [1.29, 1.82) is 0 Å². The molecule has 1 heterocycles. The number of unbranched alkanes of at least 4 members (excludes halogenated alkanes) is 1. The van der Waals surface area contributed by atoms with Gasteiger partial charge in [-0.05, 0) is 41.3 Å². The van der Waals surface area contributed by atoms with E-state index in [-0.39, 0.29) is 22.7 Å². The maximum Gasteiger partial charge on any atom is 0.345 e. The number of carboxylic acid groups (broad SMARTS) is 1. The third-order valence-corrected chi connectivity index (χ3v) is 4.96. The van der Waals surface area contributed by atoms with Gasteiger partial charge in [0.15, 0.2) is 6.10 Å². The molecule has 142 valence electrons. The molecule has 1 aliphatic carbocycles. The predicted octanol–water partition coefficient (Wildman–Crippen LogP) is 3.75. The van der Waals surface area contributed by atoms with E-state index in [1.807, 2.05) is 0 Å². The summed E-state index contributed by atoms with van der Waals surface area (Å²) >= 11 is 3.16. The van der Waals surface area contributed by atoms with Gasteiger partial charge in [-0.15, -0.1) is 0 Å². The first kappa shape index (κ1) is 19.1. The summed E-state index contributed by atoms with van der Waals surface area (Å²) in [5, 5.41) is 13.4. The highest BCUT2D eigenvalue weighted by molar-refractivity contribution is 9.10. The molecule has 1 saturated carbocycles. The standard InChI is InChI=1S/C18H21BrFNO5/c1-2-3-6-24-15-9-25-21-16(15)11-7-12(19)13(20)8-14(11)26-17(18(22)23)10-4-5-10/h7-8,10,15,17H,2-6,9H2,1H3,(H,22,23). The number of rotatable bonds is 9. The van der Waals surface area contributed by atoms with Crippen LogP contribution in [0.2, 0.25) is 0 Å². The lowest BCUT2D eigenvalue weighted by Gasteiger charge is -2.19. The average molecular weight is 430 g/mol. The van der Waals surface area contributed by atoms with E-state index in [1.54, 1.807) is 0 Å². The highest BCUT2D eigenvalue weighted by Crippen LogP contribution is 2.37. The molecule has 2 aliphatic rings. The van der Waals surface area contributed by atoms with E-state index in [2.05, 4.69) is 28.0 Å². The summed E-state index contributed by atoms with van der Waals surface area (Å²) in [5.74, 6) is -1.50. The lowest BCUT2D eigenvalue weighted by atomic mass is 10.0. The highest BCUT2D eigenvalue weighted by Gasteiger charge is 2.39. The van der Waals surface area contributed by atoms with Crippen LogP contribution in [0.5, 0.6) is 5.75 Å². The van der Waals surface area contributed by atoms with Crippen molar-refractivity contribution in [2.75, 3.05) is 13.2 Å². The smallest absolute Gasteiger partial charge is 0.345 e. The van der Waals surface area contributed by atoms with Crippen molar-refractivity contribution < 1.29 is 28.6 Å². The average Bonchev–Trinajstić information content (AvgIpc) is 3.33. The van der Waals surface area contributed by atoms with E-state index in [9.17, 15) is 14.3 Å². The molecule has 1 fully saturated rings. The molecule has 1 aromatic carbocycles. The summed E-state index contributed by atoms with van der Waals surface area (Å²) in [7, 11) is 0. The van der Waals surface area contributed by atoms with Crippen LogP contribution >= 0.6 is 15.9 Å². The number of benzene rings is 1. The molecule has 1 N–H and O–H groups in total. The Bertz CT molecular complexity index is 707. The van der Waals surface area contributed by atoms with E-state index < -0.39 is 24.0 Å². The summed E-state index contributed by atoms with van der Waals surface area (Å²) in [6.45, 7) is 2.89. The van der Waals surface area contributed by atoms with E-state index in [4.69, 9.17) is 14.3 Å². The molecule has 0 amide bonds. The second-order valence-electron chi connectivity index (χ2n) is 6.46. The van der Waals surface area contributed by atoms with Crippen LogP contribution in [0.3, 0.4) is 0 Å². The van der Waals surface area contributed by atoms with Crippen molar-refractivity contribution in [3.63, 3.8) is 0 Å². The molecule has 1 aromatic rings. The first-order valence-corrected chi connectivity index (χ1v) is 9.50. The monoisotopic (exact) mass is 429 g/mol. The Kier molecular flexibility index (Phi) is 6.13. The highest BCUT2D eigenvalue weighted by atomic mass is 79.9. The molecule has 0 saturated heterocycles. The summed E-state index contributed by atoms with van der Waals surface area (Å²) in [6, 6.07) is 2.71. The number of hydrogen-bond acceptors (Lipinski definition) is 5. The quantitative estimate of drug-likeness (QED) is 0.604. The van der Waals surface area contributed by atoms with Gasteiger partial charge in [0.2, 0.25) is 0 Å². The van der Waals surface area contributed by atoms with Gasteiger partial charge in [0.1, 0.15) is 30.0 Å². The Morgan fingerprint density at radius 2 is 2.27 bits per heavy atom. The summed E-state index contributed by atoms with van der Waals surface area (Å²) < 4.78 is 25.8. The lowest BCUT2D eigenvalue weighted by molar-refractivity contribution is -0.146. The van der Waals surface area contributed by atoms with Gasteiger partial charge >= 0.3 is 5.97 Å². The number of nitrogens with zero attached hydrogens (tertiary/aromatic N) is 1. The molecular formula is C18H21BrFNO5. The number of halogens is 2. The zero-order valence-corrected chi connectivity index (χ0v) is 16.0. The van der Waals surface area contributed by atoms with Gasteiger partial charge in [0.05, 0.1) is 4.47 Å². The van der Waals surface area contributed by atoms with E-state index in [1.165, 1.54) is 12.1 Å². The van der Waals surface area contributed by atoms with Crippen LogP contribution in [-0.2, 0) is 14.4 Å². The van der Waals surface area contributed by atoms with E-state index in [0.29, 0.717) is 17.9 Å². The van der Waals surface area contributed by atoms with Crippen molar-refractivity contribution in [3.05, 3.63) is 28.0 Å². The number of hydrogen-bond donors (Lipinski definition) is 1. The van der Waals surface area contributed by atoms with Crippen LogP contribution in [0.1, 0.15) is 38.2 Å². The molecule has 0 aromatic heterocycles. The van der Waals surface area contributed by atoms with Crippen LogP contribution in [0, 0.1) is 11.7 Å². The molecule has 6 nitrogen and oxygen atoms in total. The number of carboxylic acids is 1. The Labute approximate surface area is 159 Å². The lowest BCUT2D eigenvalue weighted by Crippen LogP contribution is -2.31. The minimum atomic E-state index is -1.05. The van der Waals surface area contributed by atoms with Crippen molar-refractivity contribution >= 4 is 27.6 Å². The summed E-state index contributed by atoms with van der Waals surface area (Å²) in [4.78, 5) is 16.7. The second-order valence-corrected chi connectivity index (χ2v) is 7.32. The van der Waals surface area contributed by atoms with Crippen molar-refractivity contribution in [2.45, 2.75) is 44.8 Å². The molecule has 2 atom stereocenters. The van der Waals surface area contributed by atoms with E-state index in [0.717, 1.165) is 25.7 Å². The normalized spacial score (nSPS) is 20.4. The predicted molar refractivity (Wildman–Crippen MR) is 96.0 cm³/mol. The Morgan fingerprint density at radius 1 is 1.50 bits per heavy atom. The fourth-order valence-corrected chi connectivity index (χ4v) is 3.09. The van der Waals surface area contributed by atoms with E-state index >= 15 is 0 Å². The van der Waals surface area contributed by atoms with Gasteiger partial charge < -0.3 is 19.4 Å². The van der Waals surface area contributed by atoms with Crippen molar-refractivity contribution in [2.24, 2.45) is 11.1 Å². The van der Waals surface area contributed by atoms with Crippen LogP contribution in [0.15, 0.2) is 21.8 Å². The molecule has 26 heavy (non-hydrogen) atoms. The first-order chi connectivity index (χ1) is 12.5. The fourth-order valence-electron chi connectivity index (χ4n) is 2.74. The number of ether oxygens (including phenoxy) is 2. The second kappa shape index (κ2) is 8.35.